The zero-order valence-corrected chi connectivity index (χ0v) is 4.29. The van der Waals surface area contributed by atoms with E-state index in [1.165, 1.54) is 6.08 Å². The predicted molar refractivity (Wildman–Crippen MR) is 28.3 cm³/mol. The smallest absolute Gasteiger partial charge is 0.192 e. The van der Waals surface area contributed by atoms with E-state index in [9.17, 15) is 4.79 Å². The summed E-state index contributed by atoms with van der Waals surface area (Å²) in [5, 5.41) is 8.73. The van der Waals surface area contributed by atoms with E-state index in [0.717, 1.165) is 0 Å². The molecule has 0 aromatic carbocycles. The number of hydrogen-bond donors (Lipinski definition) is 1. The van der Waals surface area contributed by atoms with Crippen molar-refractivity contribution in [3.8, 4) is 0 Å². The van der Waals surface area contributed by atoms with Crippen molar-refractivity contribution < 1.29 is 9.90 Å². The number of carbonyl (C=O) groups is 1. The van der Waals surface area contributed by atoms with Crippen LogP contribution in [0.25, 0.3) is 0 Å². The summed E-state index contributed by atoms with van der Waals surface area (Å²) in [5.41, 5.74) is 2.61. The van der Waals surface area contributed by atoms with Gasteiger partial charge in [0.2, 0.25) is 0 Å². The van der Waals surface area contributed by atoms with Gasteiger partial charge in [-0.3, -0.25) is 4.79 Å². The van der Waals surface area contributed by atoms with Crippen molar-refractivity contribution in [2.75, 3.05) is 0 Å². The van der Waals surface area contributed by atoms with E-state index in [2.05, 4.69) is 5.73 Å². The Hall–Kier alpha value is -0.850. The minimum Gasteiger partial charge on any atom is -0.385 e. The van der Waals surface area contributed by atoms with Gasteiger partial charge in [0.05, 0.1) is 0 Å². The van der Waals surface area contributed by atoms with Crippen LogP contribution < -0.4 is 0 Å². The topological polar surface area (TPSA) is 37.3 Å². The molecule has 0 fully saturated rings. The minimum absolute atomic E-state index is 0.243. The van der Waals surface area contributed by atoms with E-state index in [4.69, 9.17) is 5.11 Å². The van der Waals surface area contributed by atoms with Gasteiger partial charge >= 0.3 is 0 Å². The van der Waals surface area contributed by atoms with Gasteiger partial charge in [-0.1, -0.05) is 0 Å². The highest BCUT2D eigenvalue weighted by atomic mass is 16.3. The molecule has 0 radical (unpaired) electrons. The van der Waals surface area contributed by atoms with Crippen molar-refractivity contribution in [2.45, 2.75) is 12.5 Å². The largest absolute Gasteiger partial charge is 0.385 e. The van der Waals surface area contributed by atoms with Crippen molar-refractivity contribution in [3.05, 3.63) is 17.9 Å². The predicted octanol–water partition coefficient (Wildman–Crippen LogP) is 0.0314. The van der Waals surface area contributed by atoms with Crippen LogP contribution in [0.3, 0.4) is 0 Å². The lowest BCUT2D eigenvalue weighted by Crippen LogP contribution is -2.18. The first-order chi connectivity index (χ1) is 3.80. The SMILES string of the molecule is O=C1C=C=CCC1O. The maximum atomic E-state index is 10.4. The van der Waals surface area contributed by atoms with Gasteiger partial charge in [0.25, 0.3) is 0 Å². The molecule has 1 aliphatic carbocycles. The summed E-state index contributed by atoms with van der Waals surface area (Å²) in [7, 11) is 0. The molecule has 0 bridgehead atoms. The Morgan fingerprint density at radius 2 is 2.62 bits per heavy atom. The number of rotatable bonds is 0. The van der Waals surface area contributed by atoms with Crippen molar-refractivity contribution in [1.82, 2.24) is 0 Å². The van der Waals surface area contributed by atoms with E-state index in [-0.39, 0.29) is 5.78 Å². The molecule has 0 aromatic heterocycles. The van der Waals surface area contributed by atoms with E-state index in [0.29, 0.717) is 6.42 Å². The van der Waals surface area contributed by atoms with Crippen LogP contribution in [-0.4, -0.2) is 17.0 Å². The Labute approximate surface area is 47.1 Å². The molecule has 1 unspecified atom stereocenters. The van der Waals surface area contributed by atoms with Gasteiger partial charge in [-0.05, 0) is 6.08 Å². The third-order valence-electron chi connectivity index (χ3n) is 1.01. The number of carbonyl (C=O) groups excluding carboxylic acids is 1. The Morgan fingerprint density at radius 3 is 3.00 bits per heavy atom. The van der Waals surface area contributed by atoms with Crippen LogP contribution in [0.15, 0.2) is 17.9 Å². The summed E-state index contributed by atoms with van der Waals surface area (Å²) in [6.45, 7) is 0. The van der Waals surface area contributed by atoms with Crippen molar-refractivity contribution in [3.63, 3.8) is 0 Å². The fraction of sp³-hybridized carbons (Fsp3) is 0.333. The lowest BCUT2D eigenvalue weighted by molar-refractivity contribution is -0.122. The third-order valence-corrected chi connectivity index (χ3v) is 1.01. The first-order valence-corrected chi connectivity index (χ1v) is 2.43. The number of aliphatic hydroxyl groups is 1. The van der Waals surface area contributed by atoms with Crippen molar-refractivity contribution >= 4 is 5.78 Å². The molecule has 0 saturated heterocycles. The molecule has 1 aliphatic rings. The molecule has 0 aliphatic heterocycles. The van der Waals surface area contributed by atoms with E-state index in [1.807, 2.05) is 0 Å². The van der Waals surface area contributed by atoms with Crippen LogP contribution in [0.2, 0.25) is 0 Å². The van der Waals surface area contributed by atoms with Crippen LogP contribution >= 0.6 is 0 Å². The molecule has 2 heteroatoms. The summed E-state index contributed by atoms with van der Waals surface area (Å²) < 4.78 is 0. The van der Waals surface area contributed by atoms with Crippen LogP contribution in [0.5, 0.6) is 0 Å². The van der Waals surface area contributed by atoms with Crippen molar-refractivity contribution in [2.24, 2.45) is 0 Å². The zero-order valence-electron chi connectivity index (χ0n) is 4.29. The molecular weight excluding hydrogens is 104 g/mol. The molecular formula is C6H6O2. The average molecular weight is 110 g/mol. The monoisotopic (exact) mass is 110 g/mol. The number of hydrogen-bond acceptors (Lipinski definition) is 2. The van der Waals surface area contributed by atoms with Crippen LogP contribution in [0, 0.1) is 0 Å². The summed E-state index contributed by atoms with van der Waals surface area (Å²) in [6.07, 6.45) is 2.51. The number of aliphatic hydroxyl groups excluding tert-OH is 1. The molecule has 0 spiro atoms. The summed E-state index contributed by atoms with van der Waals surface area (Å²) in [4.78, 5) is 10.4. The Morgan fingerprint density at radius 1 is 1.88 bits per heavy atom. The normalized spacial score (nSPS) is 26.6. The Balaban J connectivity index is 2.77. The highest BCUT2D eigenvalue weighted by Gasteiger charge is 2.11. The highest BCUT2D eigenvalue weighted by molar-refractivity contribution is 5.93. The molecule has 0 aromatic rings. The lowest BCUT2D eigenvalue weighted by Gasteiger charge is -2.02. The van der Waals surface area contributed by atoms with E-state index >= 15 is 0 Å². The first kappa shape index (κ1) is 5.29. The molecule has 0 amide bonds. The van der Waals surface area contributed by atoms with Gasteiger partial charge < -0.3 is 5.11 Å². The summed E-state index contributed by atoms with van der Waals surface area (Å²) in [6, 6.07) is 0. The molecule has 1 rings (SSSR count). The standard InChI is InChI=1S/C6H6O2/c7-5-3-1-2-4-6(5)8/h1,4-5,7H,3H2. The molecule has 1 N–H and O–H groups in total. The second kappa shape index (κ2) is 1.95. The molecule has 42 valence electrons. The molecule has 0 saturated carbocycles. The van der Waals surface area contributed by atoms with Gasteiger partial charge in [-0.25, -0.2) is 0 Å². The molecule has 2 nitrogen and oxygen atoms in total. The highest BCUT2D eigenvalue weighted by Crippen LogP contribution is 1.99. The van der Waals surface area contributed by atoms with Gasteiger partial charge in [0, 0.05) is 12.5 Å². The molecule has 0 heterocycles. The summed E-state index contributed by atoms with van der Waals surface area (Å²) in [5.74, 6) is -0.243. The second-order valence-electron chi connectivity index (χ2n) is 1.67. The van der Waals surface area contributed by atoms with Gasteiger partial charge in [-0.15, -0.1) is 5.73 Å². The second-order valence-corrected chi connectivity index (χ2v) is 1.67. The van der Waals surface area contributed by atoms with Gasteiger partial charge in [-0.2, -0.15) is 0 Å². The fourth-order valence-electron chi connectivity index (χ4n) is 0.533. The van der Waals surface area contributed by atoms with Gasteiger partial charge in [0.1, 0.15) is 6.10 Å². The maximum Gasteiger partial charge on any atom is 0.192 e. The average Bonchev–Trinajstić information content (AvgIpc) is 1.77. The van der Waals surface area contributed by atoms with Crippen LogP contribution in [0.4, 0.5) is 0 Å². The Bertz CT molecular complexity index is 163. The Kier molecular flexibility index (Phi) is 1.29. The summed E-state index contributed by atoms with van der Waals surface area (Å²) >= 11 is 0. The minimum atomic E-state index is -0.809. The van der Waals surface area contributed by atoms with Crippen LogP contribution in [-0.2, 0) is 4.79 Å². The lowest BCUT2D eigenvalue weighted by atomic mass is 10.1. The quantitative estimate of drug-likeness (QED) is 0.447. The fourth-order valence-corrected chi connectivity index (χ4v) is 0.533. The van der Waals surface area contributed by atoms with Crippen molar-refractivity contribution in [1.29, 1.82) is 0 Å². The van der Waals surface area contributed by atoms with Gasteiger partial charge in [0.15, 0.2) is 5.78 Å². The molecule has 8 heavy (non-hydrogen) atoms. The molecule has 1 atom stereocenters. The third kappa shape index (κ3) is 0.861. The van der Waals surface area contributed by atoms with E-state index in [1.54, 1.807) is 6.08 Å². The first-order valence-electron chi connectivity index (χ1n) is 2.43. The van der Waals surface area contributed by atoms with Crippen LogP contribution in [0.1, 0.15) is 6.42 Å². The maximum absolute atomic E-state index is 10.4. The zero-order chi connectivity index (χ0) is 5.98. The number of ketones is 1. The van der Waals surface area contributed by atoms with E-state index < -0.39 is 6.10 Å².